The average molecular weight is 488 g/mol. The number of nitrogens with zero attached hydrogens (tertiary/aromatic N) is 2. The van der Waals surface area contributed by atoms with Gasteiger partial charge in [-0.1, -0.05) is 57.0 Å². The summed E-state index contributed by atoms with van der Waals surface area (Å²) in [6.45, 7) is 10.9. The molecule has 0 radical (unpaired) electrons. The molecule has 1 N–H and O–H groups in total. The molecular formula is C27H39BrN2O. The normalized spacial score (nSPS) is 18.5. The number of hydrogen-bond acceptors (Lipinski definition) is 3. The quantitative estimate of drug-likeness (QED) is 0.521. The molecule has 3 nitrogen and oxygen atoms in total. The lowest BCUT2D eigenvalue weighted by molar-refractivity contribution is 0.212. The molecule has 2 heterocycles. The van der Waals surface area contributed by atoms with Crippen LogP contribution in [0.15, 0.2) is 42.5 Å². The van der Waals surface area contributed by atoms with Gasteiger partial charge in [-0.15, -0.1) is 17.0 Å². The number of phenols is 1. The Bertz CT molecular complexity index is 783. The van der Waals surface area contributed by atoms with Crippen molar-refractivity contribution in [2.24, 2.45) is 0 Å². The highest BCUT2D eigenvalue weighted by molar-refractivity contribution is 8.93. The fraction of sp³-hybridized carbons (Fsp3) is 0.556. The number of piperidine rings is 2. The standard InChI is InChI=1S/C27H38N2O.BrH/c1-27(2,24-12-6-3-7-13-24)25-18-22(20-28-14-8-4-9-15-28)26(30)23(19-25)21-29-16-10-5-11-17-29;/h3,6-7,12-13,18-19,30H,4-5,8-11,14-17,20-21H2,1-2H3;1H. The number of likely N-dealkylation sites (tertiary alicyclic amines) is 2. The SMILES string of the molecule is Br.CC(C)(c1ccccc1)c1cc(CN2CCCCC2)c(O)c(CN2CCCCC2)c1. The molecule has 170 valence electrons. The van der Waals surface area contributed by atoms with Crippen molar-refractivity contribution in [3.05, 3.63) is 64.7 Å². The molecule has 2 fully saturated rings. The first-order chi connectivity index (χ1) is 14.5. The maximum absolute atomic E-state index is 11.3. The van der Waals surface area contributed by atoms with Gasteiger partial charge in [0.25, 0.3) is 0 Å². The van der Waals surface area contributed by atoms with E-state index in [1.54, 1.807) is 0 Å². The van der Waals surface area contributed by atoms with Crippen molar-refractivity contribution in [2.75, 3.05) is 26.2 Å². The van der Waals surface area contributed by atoms with E-state index in [2.05, 4.69) is 66.1 Å². The van der Waals surface area contributed by atoms with Gasteiger partial charge < -0.3 is 5.11 Å². The number of hydrogen-bond donors (Lipinski definition) is 1. The number of aromatic hydroxyl groups is 1. The van der Waals surface area contributed by atoms with Gasteiger partial charge in [-0.3, -0.25) is 9.80 Å². The van der Waals surface area contributed by atoms with E-state index in [0.29, 0.717) is 5.75 Å². The van der Waals surface area contributed by atoms with Crippen molar-refractivity contribution in [2.45, 2.75) is 70.9 Å². The van der Waals surface area contributed by atoms with Crippen LogP contribution in [0.25, 0.3) is 0 Å². The summed E-state index contributed by atoms with van der Waals surface area (Å²) in [4.78, 5) is 5.03. The van der Waals surface area contributed by atoms with Gasteiger partial charge in [0, 0.05) is 29.6 Å². The monoisotopic (exact) mass is 486 g/mol. The third-order valence-electron chi connectivity index (χ3n) is 7.17. The Morgan fingerprint density at radius 3 is 1.61 bits per heavy atom. The molecule has 0 aliphatic carbocycles. The van der Waals surface area contributed by atoms with E-state index in [9.17, 15) is 5.11 Å². The van der Waals surface area contributed by atoms with E-state index < -0.39 is 0 Å². The largest absolute Gasteiger partial charge is 0.507 e. The lowest BCUT2D eigenvalue weighted by Crippen LogP contribution is -2.31. The van der Waals surface area contributed by atoms with Crippen molar-refractivity contribution >= 4 is 17.0 Å². The smallest absolute Gasteiger partial charge is 0.124 e. The van der Waals surface area contributed by atoms with Crippen LogP contribution in [0.5, 0.6) is 5.75 Å². The fourth-order valence-corrected chi connectivity index (χ4v) is 5.10. The minimum Gasteiger partial charge on any atom is -0.507 e. The lowest BCUT2D eigenvalue weighted by Gasteiger charge is -2.32. The molecule has 0 aromatic heterocycles. The van der Waals surface area contributed by atoms with Crippen LogP contribution < -0.4 is 0 Å². The summed E-state index contributed by atoms with van der Waals surface area (Å²) >= 11 is 0. The van der Waals surface area contributed by atoms with Crippen LogP contribution in [-0.4, -0.2) is 41.1 Å². The first-order valence-electron chi connectivity index (χ1n) is 11.9. The fourth-order valence-electron chi connectivity index (χ4n) is 5.10. The minimum atomic E-state index is -0.0950. The third kappa shape index (κ3) is 5.91. The Balaban J connectivity index is 0.00000272. The Labute approximate surface area is 199 Å². The molecule has 4 heteroatoms. The number of halogens is 1. The van der Waals surface area contributed by atoms with Gasteiger partial charge in [-0.2, -0.15) is 0 Å². The average Bonchev–Trinajstić information content (AvgIpc) is 2.78. The van der Waals surface area contributed by atoms with Gasteiger partial charge in [0.1, 0.15) is 5.75 Å². The molecule has 0 unspecified atom stereocenters. The van der Waals surface area contributed by atoms with Crippen molar-refractivity contribution in [1.82, 2.24) is 9.80 Å². The second kappa shape index (κ2) is 11.0. The van der Waals surface area contributed by atoms with Gasteiger partial charge in [-0.05, 0) is 75.1 Å². The van der Waals surface area contributed by atoms with Gasteiger partial charge >= 0.3 is 0 Å². The van der Waals surface area contributed by atoms with E-state index >= 15 is 0 Å². The van der Waals surface area contributed by atoms with Crippen LogP contribution >= 0.6 is 17.0 Å². The zero-order valence-electron chi connectivity index (χ0n) is 19.3. The minimum absolute atomic E-state index is 0. The Morgan fingerprint density at radius 1 is 0.710 bits per heavy atom. The summed E-state index contributed by atoms with van der Waals surface area (Å²) < 4.78 is 0. The number of phenolic OH excluding ortho intramolecular Hbond substituents is 1. The molecule has 4 rings (SSSR count). The molecular weight excluding hydrogens is 448 g/mol. The predicted molar refractivity (Wildman–Crippen MR) is 135 cm³/mol. The lowest BCUT2D eigenvalue weighted by atomic mass is 9.77. The van der Waals surface area contributed by atoms with Crippen LogP contribution in [0.2, 0.25) is 0 Å². The molecule has 2 aliphatic rings. The van der Waals surface area contributed by atoms with E-state index in [0.717, 1.165) is 50.4 Å². The zero-order chi connectivity index (χ0) is 21.0. The number of benzene rings is 2. The van der Waals surface area contributed by atoms with Crippen LogP contribution in [0.4, 0.5) is 0 Å². The summed E-state index contributed by atoms with van der Waals surface area (Å²) in [6, 6.07) is 15.3. The second-order valence-electron chi connectivity index (χ2n) is 9.81. The van der Waals surface area contributed by atoms with Crippen molar-refractivity contribution in [3.63, 3.8) is 0 Å². The van der Waals surface area contributed by atoms with E-state index in [4.69, 9.17) is 0 Å². The Morgan fingerprint density at radius 2 is 1.16 bits per heavy atom. The summed E-state index contributed by atoms with van der Waals surface area (Å²) in [7, 11) is 0. The maximum atomic E-state index is 11.3. The highest BCUT2D eigenvalue weighted by atomic mass is 79.9. The van der Waals surface area contributed by atoms with Crippen molar-refractivity contribution in [1.29, 1.82) is 0 Å². The summed E-state index contributed by atoms with van der Waals surface area (Å²) in [5, 5.41) is 11.3. The van der Waals surface area contributed by atoms with Crippen LogP contribution in [0.1, 0.15) is 74.6 Å². The molecule has 0 saturated carbocycles. The first-order valence-corrected chi connectivity index (χ1v) is 11.9. The van der Waals surface area contributed by atoms with Crippen molar-refractivity contribution < 1.29 is 5.11 Å². The Hall–Kier alpha value is -1.36. The topological polar surface area (TPSA) is 26.7 Å². The van der Waals surface area contributed by atoms with Gasteiger partial charge in [0.05, 0.1) is 0 Å². The molecule has 0 amide bonds. The Kier molecular flexibility index (Phi) is 8.60. The molecule has 2 saturated heterocycles. The summed E-state index contributed by atoms with van der Waals surface area (Å²) in [5.74, 6) is 0.527. The van der Waals surface area contributed by atoms with Crippen LogP contribution in [0, 0.1) is 0 Å². The summed E-state index contributed by atoms with van der Waals surface area (Å²) in [6.07, 6.45) is 7.77. The summed E-state index contributed by atoms with van der Waals surface area (Å²) in [5.41, 5.74) is 4.74. The zero-order valence-corrected chi connectivity index (χ0v) is 21.0. The van der Waals surface area contributed by atoms with Gasteiger partial charge in [0.15, 0.2) is 0 Å². The first kappa shape index (κ1) is 24.3. The highest BCUT2D eigenvalue weighted by Gasteiger charge is 2.26. The highest BCUT2D eigenvalue weighted by Crippen LogP contribution is 2.37. The molecule has 2 aromatic rings. The van der Waals surface area contributed by atoms with Crippen LogP contribution in [-0.2, 0) is 18.5 Å². The number of rotatable bonds is 6. The van der Waals surface area contributed by atoms with Crippen LogP contribution in [0.3, 0.4) is 0 Å². The molecule has 2 aliphatic heterocycles. The molecule has 31 heavy (non-hydrogen) atoms. The predicted octanol–water partition coefficient (Wildman–Crippen LogP) is 6.27. The maximum Gasteiger partial charge on any atom is 0.124 e. The second-order valence-corrected chi connectivity index (χ2v) is 9.81. The van der Waals surface area contributed by atoms with Gasteiger partial charge in [-0.25, -0.2) is 0 Å². The molecule has 2 aromatic carbocycles. The van der Waals surface area contributed by atoms with E-state index in [1.165, 1.54) is 49.7 Å². The van der Waals surface area contributed by atoms with E-state index in [1.807, 2.05) is 0 Å². The molecule has 0 atom stereocenters. The third-order valence-corrected chi connectivity index (χ3v) is 7.17. The van der Waals surface area contributed by atoms with E-state index in [-0.39, 0.29) is 22.4 Å². The van der Waals surface area contributed by atoms with Gasteiger partial charge in [0.2, 0.25) is 0 Å². The molecule has 0 spiro atoms. The van der Waals surface area contributed by atoms with Crippen molar-refractivity contribution in [3.8, 4) is 5.75 Å². The molecule has 0 bridgehead atoms.